The van der Waals surface area contributed by atoms with E-state index in [-0.39, 0.29) is 24.9 Å². The van der Waals surface area contributed by atoms with Crippen LogP contribution >= 0.6 is 0 Å². The van der Waals surface area contributed by atoms with Crippen LogP contribution in [0.3, 0.4) is 0 Å². The van der Waals surface area contributed by atoms with Crippen molar-refractivity contribution in [3.05, 3.63) is 30.1 Å². The van der Waals surface area contributed by atoms with Crippen LogP contribution in [0.15, 0.2) is 24.3 Å². The molecule has 1 aromatic carbocycles. The quantitative estimate of drug-likeness (QED) is 0.586. The summed E-state index contributed by atoms with van der Waals surface area (Å²) >= 11 is 0. The van der Waals surface area contributed by atoms with E-state index in [0.717, 1.165) is 13.0 Å². The van der Waals surface area contributed by atoms with E-state index in [9.17, 15) is 24.8 Å². The van der Waals surface area contributed by atoms with Crippen molar-refractivity contribution >= 4 is 5.69 Å². The maximum atomic E-state index is 13.9. The Hall–Kier alpha value is -1.25. The van der Waals surface area contributed by atoms with Gasteiger partial charge in [0.05, 0.1) is 24.4 Å². The van der Waals surface area contributed by atoms with E-state index in [0.29, 0.717) is 18.8 Å². The summed E-state index contributed by atoms with van der Waals surface area (Å²) < 4.78 is 13.9. The maximum absolute atomic E-state index is 13.9. The molecule has 1 aromatic rings. The van der Waals surface area contributed by atoms with Crippen molar-refractivity contribution in [2.24, 2.45) is 5.92 Å². The molecule has 0 bridgehead atoms. The largest absolute Gasteiger partial charge is 0.395 e. The molecule has 0 unspecified atom stereocenters. The number of para-hydroxylation sites is 1. The van der Waals surface area contributed by atoms with Crippen LogP contribution in [0, 0.1) is 11.7 Å². The molecule has 0 aliphatic carbocycles. The Morgan fingerprint density at radius 1 is 1.08 bits per heavy atom. The van der Waals surface area contributed by atoms with Gasteiger partial charge in [0.25, 0.3) is 0 Å². The van der Waals surface area contributed by atoms with E-state index >= 15 is 0 Å². The number of aliphatic hydroxyl groups excluding tert-OH is 4. The number of anilines is 1. The van der Waals surface area contributed by atoms with Crippen LogP contribution in [-0.4, -0.2) is 82.5 Å². The predicted molar refractivity (Wildman–Crippen MR) is 87.2 cm³/mol. The first-order valence-electron chi connectivity index (χ1n) is 8.40. The highest BCUT2D eigenvalue weighted by Gasteiger charge is 2.42. The third kappa shape index (κ3) is 3.41. The van der Waals surface area contributed by atoms with E-state index in [4.69, 9.17) is 0 Å². The van der Waals surface area contributed by atoms with Crippen molar-refractivity contribution < 1.29 is 24.8 Å². The van der Waals surface area contributed by atoms with Gasteiger partial charge in [-0.2, -0.15) is 0 Å². The lowest BCUT2D eigenvalue weighted by Gasteiger charge is -2.44. The number of rotatable bonds is 4. The van der Waals surface area contributed by atoms with Crippen LogP contribution in [0.4, 0.5) is 10.1 Å². The molecule has 3 rings (SSSR count). The van der Waals surface area contributed by atoms with Gasteiger partial charge in [-0.1, -0.05) is 12.1 Å². The van der Waals surface area contributed by atoms with Crippen LogP contribution in [0.25, 0.3) is 0 Å². The molecular formula is C17H25FN2O4. The Balaban J connectivity index is 1.63. The number of hydrogen-bond donors (Lipinski definition) is 4. The van der Waals surface area contributed by atoms with Crippen LogP contribution < -0.4 is 4.90 Å². The lowest BCUT2D eigenvalue weighted by molar-refractivity contribution is -0.146. The average Bonchev–Trinajstić information content (AvgIpc) is 3.02. The van der Waals surface area contributed by atoms with Gasteiger partial charge in [-0.3, -0.25) is 4.90 Å². The van der Waals surface area contributed by atoms with Gasteiger partial charge in [-0.05, 0) is 24.5 Å². The van der Waals surface area contributed by atoms with Gasteiger partial charge in [0.2, 0.25) is 0 Å². The molecule has 2 saturated heterocycles. The van der Waals surface area contributed by atoms with Crippen molar-refractivity contribution in [2.45, 2.75) is 30.8 Å². The Kier molecular flexibility index (Phi) is 5.36. The summed E-state index contributed by atoms with van der Waals surface area (Å²) in [7, 11) is 0. The molecule has 0 radical (unpaired) electrons. The van der Waals surface area contributed by atoms with Crippen LogP contribution in [0.5, 0.6) is 0 Å². The summed E-state index contributed by atoms with van der Waals surface area (Å²) in [5.41, 5.74) is 0.591. The summed E-state index contributed by atoms with van der Waals surface area (Å²) in [5, 5.41) is 39.2. The Bertz CT molecular complexity index is 561. The molecule has 4 N–H and O–H groups in total. The van der Waals surface area contributed by atoms with Crippen molar-refractivity contribution in [3.8, 4) is 0 Å². The second-order valence-electron chi connectivity index (χ2n) is 6.80. The lowest BCUT2D eigenvalue weighted by atomic mass is 9.93. The number of nitrogens with zero attached hydrogens (tertiary/aromatic N) is 2. The van der Waals surface area contributed by atoms with Crippen LogP contribution in [0.1, 0.15) is 6.42 Å². The van der Waals surface area contributed by atoms with E-state index in [2.05, 4.69) is 0 Å². The minimum absolute atomic E-state index is 0.208. The molecule has 7 heteroatoms. The highest BCUT2D eigenvalue weighted by molar-refractivity contribution is 5.48. The fraction of sp³-hybridized carbons (Fsp3) is 0.647. The maximum Gasteiger partial charge on any atom is 0.146 e. The molecule has 24 heavy (non-hydrogen) atoms. The molecule has 0 amide bonds. The van der Waals surface area contributed by atoms with Crippen molar-refractivity contribution in [1.29, 1.82) is 0 Å². The fourth-order valence-electron chi connectivity index (χ4n) is 3.83. The number of halogens is 1. The molecule has 2 heterocycles. The first-order valence-corrected chi connectivity index (χ1v) is 8.40. The smallest absolute Gasteiger partial charge is 0.146 e. The third-order valence-electron chi connectivity index (χ3n) is 5.19. The molecule has 0 aromatic heterocycles. The molecule has 2 aliphatic rings. The molecule has 0 spiro atoms. The summed E-state index contributed by atoms with van der Waals surface area (Å²) in [4.78, 5) is 3.83. The molecule has 2 fully saturated rings. The number of benzene rings is 1. The topological polar surface area (TPSA) is 87.4 Å². The van der Waals surface area contributed by atoms with E-state index in [1.165, 1.54) is 6.07 Å². The average molecular weight is 340 g/mol. The molecular weight excluding hydrogens is 315 g/mol. The standard InChI is InChI=1S/C17H25FN2O4/c18-12-3-1-2-4-13(12)19-6-5-11(7-19)8-20-9-15(22)17(24)16(23)14(20)10-21/h1-4,11,14-17,21-24H,5-10H2/t11-,14-,15-,16+,17+/m0/s1. The fourth-order valence-corrected chi connectivity index (χ4v) is 3.83. The van der Waals surface area contributed by atoms with Crippen molar-refractivity contribution in [1.82, 2.24) is 4.90 Å². The summed E-state index contributed by atoms with van der Waals surface area (Å²) in [6, 6.07) is 6.10. The number of hydrogen-bond acceptors (Lipinski definition) is 6. The minimum atomic E-state index is -1.24. The van der Waals surface area contributed by atoms with E-state index in [1.807, 2.05) is 15.9 Å². The zero-order valence-electron chi connectivity index (χ0n) is 13.5. The summed E-state index contributed by atoms with van der Waals surface area (Å²) in [5.74, 6) is 0.00613. The first-order chi connectivity index (χ1) is 11.5. The van der Waals surface area contributed by atoms with Gasteiger partial charge >= 0.3 is 0 Å². The van der Waals surface area contributed by atoms with Gasteiger partial charge in [0.15, 0.2) is 0 Å². The van der Waals surface area contributed by atoms with Crippen LogP contribution in [0.2, 0.25) is 0 Å². The second-order valence-corrected chi connectivity index (χ2v) is 6.80. The highest BCUT2D eigenvalue weighted by Crippen LogP contribution is 2.28. The predicted octanol–water partition coefficient (Wildman–Crippen LogP) is -0.589. The Labute approximate surface area is 140 Å². The summed E-state index contributed by atoms with van der Waals surface area (Å²) in [6.45, 7) is 1.94. The number of piperidine rings is 1. The molecule has 5 atom stereocenters. The summed E-state index contributed by atoms with van der Waals surface area (Å²) in [6.07, 6.45) is -2.58. The van der Waals surface area contributed by atoms with Crippen LogP contribution in [-0.2, 0) is 0 Å². The van der Waals surface area contributed by atoms with E-state index in [1.54, 1.807) is 12.1 Å². The number of likely N-dealkylation sites (tertiary alicyclic amines) is 1. The minimum Gasteiger partial charge on any atom is -0.395 e. The van der Waals surface area contributed by atoms with Gasteiger partial charge < -0.3 is 25.3 Å². The first kappa shape index (κ1) is 17.6. The lowest BCUT2D eigenvalue weighted by Crippen LogP contribution is -2.63. The van der Waals surface area contributed by atoms with Gasteiger partial charge in [0, 0.05) is 26.2 Å². The van der Waals surface area contributed by atoms with Gasteiger partial charge in [-0.25, -0.2) is 4.39 Å². The third-order valence-corrected chi connectivity index (χ3v) is 5.19. The number of aliphatic hydroxyl groups is 4. The highest BCUT2D eigenvalue weighted by atomic mass is 19.1. The van der Waals surface area contributed by atoms with Gasteiger partial charge in [0.1, 0.15) is 18.0 Å². The van der Waals surface area contributed by atoms with Crippen molar-refractivity contribution in [3.63, 3.8) is 0 Å². The molecule has 2 aliphatic heterocycles. The molecule has 134 valence electrons. The number of β-amino-alcohol motifs (C(OH)–C–C–N with tert-alkyl or cyclic N) is 1. The zero-order chi connectivity index (χ0) is 17.3. The Morgan fingerprint density at radius 2 is 1.83 bits per heavy atom. The molecule has 6 nitrogen and oxygen atoms in total. The Morgan fingerprint density at radius 3 is 2.54 bits per heavy atom. The molecule has 0 saturated carbocycles. The monoisotopic (exact) mass is 340 g/mol. The van der Waals surface area contributed by atoms with Gasteiger partial charge in [-0.15, -0.1) is 0 Å². The van der Waals surface area contributed by atoms with Crippen molar-refractivity contribution in [2.75, 3.05) is 37.7 Å². The van der Waals surface area contributed by atoms with E-state index < -0.39 is 24.4 Å². The second kappa shape index (κ2) is 7.33. The SMILES string of the molecule is OC[C@H]1[C@@H](O)[C@H](O)[C@@H](O)CN1C[C@H]1CCN(c2ccccc2F)C1. The zero-order valence-corrected chi connectivity index (χ0v) is 13.5. The normalized spacial score (nSPS) is 34.7.